The summed E-state index contributed by atoms with van der Waals surface area (Å²) >= 11 is 0. The van der Waals surface area contributed by atoms with Crippen molar-refractivity contribution in [1.82, 2.24) is 25.8 Å². The van der Waals surface area contributed by atoms with Crippen LogP contribution in [-0.4, -0.2) is 47.4 Å². The zero-order valence-corrected chi connectivity index (χ0v) is 18.5. The van der Waals surface area contributed by atoms with E-state index in [1.165, 1.54) is 12.7 Å². The third kappa shape index (κ3) is 9.18. The van der Waals surface area contributed by atoms with E-state index < -0.39 is 0 Å². The van der Waals surface area contributed by atoms with E-state index in [-0.39, 0.29) is 24.0 Å². The van der Waals surface area contributed by atoms with Crippen LogP contribution < -0.4 is 10.6 Å². The summed E-state index contributed by atoms with van der Waals surface area (Å²) < 4.78 is 5.58. The van der Waals surface area contributed by atoms with Crippen LogP contribution in [0, 0.1) is 0 Å². The second-order valence-electron chi connectivity index (χ2n) is 5.98. The first kappa shape index (κ1) is 23.4. The first-order valence-electron chi connectivity index (χ1n) is 9.38. The molecule has 3 N–H and O–H groups in total. The van der Waals surface area contributed by atoms with Crippen molar-refractivity contribution in [3.63, 3.8) is 0 Å². The summed E-state index contributed by atoms with van der Waals surface area (Å²) in [4.78, 5) is 8.85. The van der Waals surface area contributed by atoms with Gasteiger partial charge in [-0.1, -0.05) is 31.5 Å². The van der Waals surface area contributed by atoms with Crippen LogP contribution in [0.1, 0.15) is 38.7 Å². The minimum atomic E-state index is 0. The Morgan fingerprint density at radius 1 is 1.19 bits per heavy atom. The Bertz CT molecular complexity index is 647. The molecule has 0 aliphatic carbocycles. The van der Waals surface area contributed by atoms with Gasteiger partial charge >= 0.3 is 0 Å². The SMILES string of the molecule is CCCCOCCCNC(=NCc1cccc(-c2ncn[nH]2)c1)NCC.I. The molecule has 0 saturated heterocycles. The molecule has 0 saturated carbocycles. The third-order valence-corrected chi connectivity index (χ3v) is 3.78. The molecule has 0 fully saturated rings. The summed E-state index contributed by atoms with van der Waals surface area (Å²) in [5.41, 5.74) is 2.14. The number of ether oxygens (including phenoxy) is 1. The summed E-state index contributed by atoms with van der Waals surface area (Å²) in [7, 11) is 0. The van der Waals surface area contributed by atoms with Crippen LogP contribution in [0.15, 0.2) is 35.6 Å². The minimum absolute atomic E-state index is 0. The van der Waals surface area contributed by atoms with Gasteiger partial charge in [0.1, 0.15) is 6.33 Å². The van der Waals surface area contributed by atoms with Crippen molar-refractivity contribution in [1.29, 1.82) is 0 Å². The van der Waals surface area contributed by atoms with Gasteiger partial charge < -0.3 is 15.4 Å². The molecule has 2 rings (SSSR count). The van der Waals surface area contributed by atoms with Gasteiger partial charge in [-0.2, -0.15) is 5.10 Å². The molecule has 0 amide bonds. The van der Waals surface area contributed by atoms with E-state index >= 15 is 0 Å². The predicted molar refractivity (Wildman–Crippen MR) is 120 cm³/mol. The van der Waals surface area contributed by atoms with Crippen molar-refractivity contribution in [3.8, 4) is 11.4 Å². The molecule has 1 aromatic heterocycles. The van der Waals surface area contributed by atoms with Crippen molar-refractivity contribution in [2.45, 2.75) is 39.7 Å². The molecule has 0 aliphatic rings. The molecule has 8 heteroatoms. The highest BCUT2D eigenvalue weighted by molar-refractivity contribution is 14.0. The van der Waals surface area contributed by atoms with Crippen molar-refractivity contribution in [2.75, 3.05) is 26.3 Å². The zero-order valence-electron chi connectivity index (χ0n) is 16.2. The maximum atomic E-state index is 5.58. The Kier molecular flexibility index (Phi) is 12.4. The van der Waals surface area contributed by atoms with Crippen LogP contribution in [0.2, 0.25) is 0 Å². The number of rotatable bonds is 11. The van der Waals surface area contributed by atoms with Gasteiger partial charge in [0, 0.05) is 31.9 Å². The first-order valence-corrected chi connectivity index (χ1v) is 9.38. The number of nitrogens with zero attached hydrogens (tertiary/aromatic N) is 3. The number of halogens is 1. The largest absolute Gasteiger partial charge is 0.381 e. The molecular weight excluding hydrogens is 455 g/mol. The number of hydrogen-bond acceptors (Lipinski definition) is 4. The molecule has 0 spiro atoms. The second kappa shape index (κ2) is 14.4. The molecule has 0 bridgehead atoms. The number of benzene rings is 1. The van der Waals surface area contributed by atoms with Crippen molar-refractivity contribution >= 4 is 29.9 Å². The maximum Gasteiger partial charge on any atom is 0.191 e. The number of hydrogen-bond donors (Lipinski definition) is 3. The number of aromatic nitrogens is 3. The lowest BCUT2D eigenvalue weighted by molar-refractivity contribution is 0.129. The Morgan fingerprint density at radius 3 is 2.78 bits per heavy atom. The van der Waals surface area contributed by atoms with Crippen LogP contribution in [0.3, 0.4) is 0 Å². The molecule has 0 atom stereocenters. The van der Waals surface area contributed by atoms with Crippen LogP contribution in [0.25, 0.3) is 11.4 Å². The van der Waals surface area contributed by atoms with Crippen LogP contribution in [0.4, 0.5) is 0 Å². The lowest BCUT2D eigenvalue weighted by Crippen LogP contribution is -2.38. The number of H-pyrrole nitrogens is 1. The van der Waals surface area contributed by atoms with Crippen molar-refractivity contribution in [3.05, 3.63) is 36.2 Å². The smallest absolute Gasteiger partial charge is 0.191 e. The van der Waals surface area contributed by atoms with Gasteiger partial charge in [0.15, 0.2) is 11.8 Å². The number of aromatic amines is 1. The van der Waals surface area contributed by atoms with E-state index in [4.69, 9.17) is 4.74 Å². The zero-order chi connectivity index (χ0) is 18.5. The van der Waals surface area contributed by atoms with Crippen LogP contribution in [0.5, 0.6) is 0 Å². The topological polar surface area (TPSA) is 87.2 Å². The Labute approximate surface area is 178 Å². The number of guanidine groups is 1. The number of nitrogens with one attached hydrogen (secondary N) is 3. The fraction of sp³-hybridized carbons (Fsp3) is 0.526. The molecule has 0 aliphatic heterocycles. The van der Waals surface area contributed by atoms with E-state index in [0.717, 1.165) is 62.1 Å². The summed E-state index contributed by atoms with van der Waals surface area (Å²) in [5.74, 6) is 1.59. The van der Waals surface area contributed by atoms with E-state index in [1.807, 2.05) is 12.1 Å². The molecular formula is C19H31IN6O. The average molecular weight is 486 g/mol. The highest BCUT2D eigenvalue weighted by Crippen LogP contribution is 2.15. The molecule has 0 radical (unpaired) electrons. The number of unbranched alkanes of at least 4 members (excludes halogenated alkanes) is 1. The third-order valence-electron chi connectivity index (χ3n) is 3.78. The molecule has 1 heterocycles. The number of aliphatic imine (C=N–C) groups is 1. The molecule has 27 heavy (non-hydrogen) atoms. The van der Waals surface area contributed by atoms with E-state index in [1.54, 1.807) is 0 Å². The van der Waals surface area contributed by atoms with E-state index in [0.29, 0.717) is 6.54 Å². The van der Waals surface area contributed by atoms with Crippen LogP contribution >= 0.6 is 24.0 Å². The normalized spacial score (nSPS) is 11.1. The Balaban J connectivity index is 0.00000364. The van der Waals surface area contributed by atoms with Gasteiger partial charge in [0.25, 0.3) is 0 Å². The van der Waals surface area contributed by atoms with Gasteiger partial charge in [-0.25, -0.2) is 9.98 Å². The highest BCUT2D eigenvalue weighted by Gasteiger charge is 2.02. The fourth-order valence-corrected chi connectivity index (χ4v) is 2.40. The lowest BCUT2D eigenvalue weighted by Gasteiger charge is -2.11. The maximum absolute atomic E-state index is 5.58. The molecule has 150 valence electrons. The van der Waals surface area contributed by atoms with Gasteiger partial charge in [-0.3, -0.25) is 5.10 Å². The average Bonchev–Trinajstić information content (AvgIpc) is 3.20. The summed E-state index contributed by atoms with van der Waals surface area (Å²) in [6.07, 6.45) is 4.78. The predicted octanol–water partition coefficient (Wildman–Crippen LogP) is 3.35. The lowest BCUT2D eigenvalue weighted by atomic mass is 10.1. The van der Waals surface area contributed by atoms with Crippen molar-refractivity contribution < 1.29 is 4.74 Å². The van der Waals surface area contributed by atoms with E-state index in [2.05, 4.69) is 56.8 Å². The molecule has 2 aromatic rings. The summed E-state index contributed by atoms with van der Waals surface area (Å²) in [6, 6.07) is 8.16. The second-order valence-corrected chi connectivity index (χ2v) is 5.98. The van der Waals surface area contributed by atoms with Crippen molar-refractivity contribution in [2.24, 2.45) is 4.99 Å². The Hall–Kier alpha value is -1.68. The standard InChI is InChI=1S/C19H30N6O.HI/c1-3-5-11-26-12-7-10-21-19(20-4-2)22-14-16-8-6-9-17(13-16)18-23-15-24-25-18;/h6,8-9,13,15H,3-5,7,10-12,14H2,1-2H3,(H2,20,21,22)(H,23,24,25);1H. The van der Waals surface area contributed by atoms with Gasteiger partial charge in [0.05, 0.1) is 6.54 Å². The highest BCUT2D eigenvalue weighted by atomic mass is 127. The van der Waals surface area contributed by atoms with Gasteiger partial charge in [-0.05, 0) is 31.4 Å². The molecule has 0 unspecified atom stereocenters. The quantitative estimate of drug-likeness (QED) is 0.196. The first-order chi connectivity index (χ1) is 12.8. The van der Waals surface area contributed by atoms with Gasteiger partial charge in [-0.15, -0.1) is 24.0 Å². The molecule has 7 nitrogen and oxygen atoms in total. The van der Waals surface area contributed by atoms with Gasteiger partial charge in [0.2, 0.25) is 0 Å². The Morgan fingerprint density at radius 2 is 2.04 bits per heavy atom. The fourth-order valence-electron chi connectivity index (χ4n) is 2.40. The van der Waals surface area contributed by atoms with E-state index in [9.17, 15) is 0 Å². The monoisotopic (exact) mass is 486 g/mol. The molecule has 1 aromatic carbocycles. The summed E-state index contributed by atoms with van der Waals surface area (Å²) in [6.45, 7) is 8.15. The minimum Gasteiger partial charge on any atom is -0.381 e. The van der Waals surface area contributed by atoms with Crippen LogP contribution in [-0.2, 0) is 11.3 Å². The summed E-state index contributed by atoms with van der Waals surface area (Å²) in [5, 5.41) is 13.4.